The Bertz CT molecular complexity index is 728. The fraction of sp³-hybridized carbons (Fsp3) is 0.500. The number of hydrogen-bond donors (Lipinski definition) is 2. The molecular weight excluding hydrogens is 294 g/mol. The van der Waals surface area contributed by atoms with Gasteiger partial charge in [-0.05, 0) is 50.2 Å². The highest BCUT2D eigenvalue weighted by atomic mass is 16.5. The number of likely N-dealkylation sites (tertiary alicyclic amines) is 1. The molecule has 5 nitrogen and oxygen atoms in total. The van der Waals surface area contributed by atoms with Crippen LogP contribution in [0.25, 0.3) is 0 Å². The van der Waals surface area contributed by atoms with Crippen LogP contribution in [0.3, 0.4) is 0 Å². The number of nitrogens with zero attached hydrogens (tertiary/aromatic N) is 1. The zero-order valence-electron chi connectivity index (χ0n) is 13.4. The van der Waals surface area contributed by atoms with Gasteiger partial charge in [0.2, 0.25) is 0 Å². The van der Waals surface area contributed by atoms with Crippen molar-refractivity contribution >= 4 is 5.78 Å². The van der Waals surface area contributed by atoms with E-state index in [4.69, 9.17) is 4.74 Å². The van der Waals surface area contributed by atoms with Crippen molar-refractivity contribution in [3.63, 3.8) is 0 Å². The van der Waals surface area contributed by atoms with E-state index >= 15 is 0 Å². The molecule has 1 aromatic rings. The highest BCUT2D eigenvalue weighted by molar-refractivity contribution is 5.93. The van der Waals surface area contributed by atoms with Crippen molar-refractivity contribution in [2.75, 3.05) is 20.7 Å². The van der Waals surface area contributed by atoms with Crippen molar-refractivity contribution in [3.8, 4) is 11.5 Å². The number of ketones is 1. The smallest absolute Gasteiger partial charge is 0.161 e. The summed E-state index contributed by atoms with van der Waals surface area (Å²) in [5, 5.41) is 20.6. The fourth-order valence-electron chi connectivity index (χ4n) is 5.08. The highest BCUT2D eigenvalue weighted by Crippen LogP contribution is 2.59. The SMILES string of the molecule is CO[C@@]12C=CC(=O)C[C@@]13CCN(C)[C@@H]2Cc1ccc(O)c(O)c13. The molecule has 1 aliphatic heterocycles. The summed E-state index contributed by atoms with van der Waals surface area (Å²) in [6, 6.07) is 3.49. The zero-order chi connectivity index (χ0) is 16.4. The minimum atomic E-state index is -0.661. The monoisotopic (exact) mass is 315 g/mol. The number of phenolic OH excluding ortho intramolecular Hbond substituents is 2. The van der Waals surface area contributed by atoms with Crippen molar-refractivity contribution in [3.05, 3.63) is 35.4 Å². The van der Waals surface area contributed by atoms with Crippen LogP contribution in [0.5, 0.6) is 11.5 Å². The summed E-state index contributed by atoms with van der Waals surface area (Å²) in [5.74, 6) is -0.200. The van der Waals surface area contributed by atoms with Gasteiger partial charge in [-0.1, -0.05) is 6.07 Å². The first-order valence-electron chi connectivity index (χ1n) is 7.97. The fourth-order valence-corrected chi connectivity index (χ4v) is 5.08. The first-order chi connectivity index (χ1) is 10.9. The summed E-state index contributed by atoms with van der Waals surface area (Å²) in [6.45, 7) is 0.825. The maximum atomic E-state index is 12.3. The molecule has 3 atom stereocenters. The molecule has 2 N–H and O–H groups in total. The normalized spacial score (nSPS) is 35.7. The number of benzene rings is 1. The summed E-state index contributed by atoms with van der Waals surface area (Å²) < 4.78 is 6.04. The van der Waals surface area contributed by atoms with Crippen LogP contribution in [-0.4, -0.2) is 53.2 Å². The number of fused-ring (bicyclic) bond motifs is 1. The topological polar surface area (TPSA) is 70.0 Å². The third-order valence-corrected chi connectivity index (χ3v) is 6.13. The first kappa shape index (κ1) is 14.7. The molecule has 0 radical (unpaired) electrons. The molecular formula is C18H21NO4. The van der Waals surface area contributed by atoms with Gasteiger partial charge in [-0.3, -0.25) is 9.69 Å². The van der Waals surface area contributed by atoms with Gasteiger partial charge >= 0.3 is 0 Å². The highest BCUT2D eigenvalue weighted by Gasteiger charge is 2.65. The maximum Gasteiger partial charge on any atom is 0.161 e. The van der Waals surface area contributed by atoms with Crippen molar-refractivity contribution in [1.82, 2.24) is 4.90 Å². The molecule has 0 saturated carbocycles. The van der Waals surface area contributed by atoms with Crippen molar-refractivity contribution in [2.24, 2.45) is 0 Å². The molecule has 3 aliphatic rings. The number of aromatic hydroxyl groups is 2. The molecule has 2 aliphatic carbocycles. The predicted octanol–water partition coefficient (Wildman–Crippen LogP) is 1.51. The Morgan fingerprint density at radius 2 is 2.13 bits per heavy atom. The molecule has 5 heteroatoms. The number of likely N-dealkylation sites (N-methyl/N-ethyl adjacent to an activating group) is 1. The number of phenols is 2. The average Bonchev–Trinajstić information content (AvgIpc) is 2.54. The molecule has 1 fully saturated rings. The van der Waals surface area contributed by atoms with E-state index in [0.29, 0.717) is 24.8 Å². The van der Waals surface area contributed by atoms with E-state index in [1.165, 1.54) is 6.07 Å². The first-order valence-corrected chi connectivity index (χ1v) is 7.97. The number of carbonyl (C=O) groups excluding carboxylic acids is 1. The second kappa shape index (κ2) is 4.58. The van der Waals surface area contributed by atoms with Crippen molar-refractivity contribution < 1.29 is 19.7 Å². The van der Waals surface area contributed by atoms with Crippen LogP contribution >= 0.6 is 0 Å². The van der Waals surface area contributed by atoms with Crippen molar-refractivity contribution in [2.45, 2.75) is 36.3 Å². The Kier molecular flexibility index (Phi) is 2.93. The van der Waals surface area contributed by atoms with Gasteiger partial charge in [0, 0.05) is 30.6 Å². The van der Waals surface area contributed by atoms with Crippen molar-refractivity contribution in [1.29, 1.82) is 0 Å². The summed E-state index contributed by atoms with van der Waals surface area (Å²) in [4.78, 5) is 14.5. The molecule has 0 aromatic heterocycles. The van der Waals surface area contributed by atoms with Crippen LogP contribution in [0.4, 0.5) is 0 Å². The second-order valence-electron chi connectivity index (χ2n) is 6.97. The van der Waals surface area contributed by atoms with E-state index in [1.54, 1.807) is 13.2 Å². The minimum Gasteiger partial charge on any atom is -0.504 e. The van der Waals surface area contributed by atoms with Crippen LogP contribution < -0.4 is 0 Å². The zero-order valence-corrected chi connectivity index (χ0v) is 13.4. The molecule has 0 unspecified atom stereocenters. The lowest BCUT2D eigenvalue weighted by molar-refractivity contribution is -0.147. The Balaban J connectivity index is 2.08. The van der Waals surface area contributed by atoms with E-state index in [1.807, 2.05) is 12.1 Å². The molecule has 1 saturated heterocycles. The van der Waals surface area contributed by atoms with Gasteiger partial charge < -0.3 is 14.9 Å². The van der Waals surface area contributed by atoms with Crippen LogP contribution in [0.15, 0.2) is 24.3 Å². The van der Waals surface area contributed by atoms with Gasteiger partial charge in [0.1, 0.15) is 5.60 Å². The van der Waals surface area contributed by atoms with Gasteiger partial charge in [-0.15, -0.1) is 0 Å². The largest absolute Gasteiger partial charge is 0.504 e. The average molecular weight is 315 g/mol. The summed E-state index contributed by atoms with van der Waals surface area (Å²) in [6.07, 6.45) is 5.21. The van der Waals surface area contributed by atoms with Gasteiger partial charge in [0.05, 0.1) is 0 Å². The van der Waals surface area contributed by atoms with E-state index in [9.17, 15) is 15.0 Å². The van der Waals surface area contributed by atoms with Gasteiger partial charge in [0.25, 0.3) is 0 Å². The number of ether oxygens (including phenoxy) is 1. The summed E-state index contributed by atoms with van der Waals surface area (Å²) >= 11 is 0. The quantitative estimate of drug-likeness (QED) is 0.769. The number of hydrogen-bond acceptors (Lipinski definition) is 5. The predicted molar refractivity (Wildman–Crippen MR) is 84.7 cm³/mol. The second-order valence-corrected chi connectivity index (χ2v) is 6.97. The molecule has 1 heterocycles. The van der Waals surface area contributed by atoms with Gasteiger partial charge in [0.15, 0.2) is 17.3 Å². The Labute approximate surface area is 135 Å². The van der Waals surface area contributed by atoms with E-state index in [0.717, 1.165) is 12.1 Å². The molecule has 0 spiro atoms. The lowest BCUT2D eigenvalue weighted by atomic mass is 9.51. The molecule has 122 valence electrons. The van der Waals surface area contributed by atoms with Gasteiger partial charge in [-0.25, -0.2) is 0 Å². The van der Waals surface area contributed by atoms with Crippen LogP contribution in [0, 0.1) is 0 Å². The minimum absolute atomic E-state index is 0.0385. The third kappa shape index (κ3) is 1.61. The molecule has 4 rings (SSSR count). The van der Waals surface area contributed by atoms with E-state index in [-0.39, 0.29) is 23.3 Å². The van der Waals surface area contributed by atoms with Crippen LogP contribution in [-0.2, 0) is 21.4 Å². The third-order valence-electron chi connectivity index (χ3n) is 6.13. The van der Waals surface area contributed by atoms with Gasteiger partial charge in [-0.2, -0.15) is 0 Å². The lowest BCUT2D eigenvalue weighted by Gasteiger charge is -2.62. The Hall–Kier alpha value is -1.85. The standard InChI is InChI=1S/C18H21NO4/c1-19-8-7-17-10-12(20)5-6-18(17,23-2)14(19)9-11-3-4-13(21)16(22)15(11)17/h3-6,14,21-22H,7-10H2,1-2H3/t14-,17-,18-/m1/s1. The molecule has 2 bridgehead atoms. The van der Waals surface area contributed by atoms with E-state index in [2.05, 4.69) is 11.9 Å². The summed E-state index contributed by atoms with van der Waals surface area (Å²) in [5.41, 5.74) is 0.405. The Morgan fingerprint density at radius 1 is 1.35 bits per heavy atom. The lowest BCUT2D eigenvalue weighted by Crippen LogP contribution is -2.72. The number of methoxy groups -OCH3 is 1. The number of carbonyl (C=O) groups is 1. The number of piperidine rings is 1. The number of allylic oxidation sites excluding steroid dienone is 1. The molecule has 1 aromatic carbocycles. The van der Waals surface area contributed by atoms with Crippen LogP contribution in [0.2, 0.25) is 0 Å². The summed E-state index contributed by atoms with van der Waals surface area (Å²) in [7, 11) is 3.75. The van der Waals surface area contributed by atoms with Crippen LogP contribution in [0.1, 0.15) is 24.0 Å². The number of rotatable bonds is 1. The Morgan fingerprint density at radius 3 is 2.87 bits per heavy atom. The maximum absolute atomic E-state index is 12.3. The molecule has 0 amide bonds. The molecule has 23 heavy (non-hydrogen) atoms. The van der Waals surface area contributed by atoms with E-state index < -0.39 is 11.0 Å².